The molecular weight excluding hydrogens is 422 g/mol. The maximum absolute atomic E-state index is 13.0. The summed E-state index contributed by atoms with van der Waals surface area (Å²) in [5, 5.41) is 15.3. The van der Waals surface area contributed by atoms with Crippen LogP contribution in [0.2, 0.25) is 0 Å². The summed E-state index contributed by atoms with van der Waals surface area (Å²) in [5.41, 5.74) is 2.71. The zero-order valence-corrected chi connectivity index (χ0v) is 17.8. The van der Waals surface area contributed by atoms with Gasteiger partial charge in [0, 0.05) is 35.4 Å². The minimum atomic E-state index is -0.545. The van der Waals surface area contributed by atoms with Crippen molar-refractivity contribution in [2.75, 3.05) is 23.8 Å². The lowest BCUT2D eigenvalue weighted by atomic mass is 10.0. The zero-order valence-electron chi connectivity index (χ0n) is 17.8. The van der Waals surface area contributed by atoms with Crippen LogP contribution in [-0.4, -0.2) is 46.5 Å². The Morgan fingerprint density at radius 2 is 1.70 bits per heavy atom. The molecule has 0 bridgehead atoms. The van der Waals surface area contributed by atoms with E-state index in [9.17, 15) is 19.2 Å². The van der Waals surface area contributed by atoms with Crippen LogP contribution in [0.4, 0.5) is 11.4 Å². The SMILES string of the molecule is O=C1C=C(Nc2cc(C(=O)c3ccccc3)ccc2NC2=CC(=O)N(CCO)C2=O)CCC1. The fraction of sp³-hybridized carbons (Fsp3) is 0.200. The molecule has 0 atom stereocenters. The minimum Gasteiger partial charge on any atom is -0.395 e. The Morgan fingerprint density at radius 1 is 0.909 bits per heavy atom. The van der Waals surface area contributed by atoms with E-state index in [1.54, 1.807) is 48.5 Å². The number of ketones is 2. The van der Waals surface area contributed by atoms with Crippen molar-refractivity contribution in [3.8, 4) is 0 Å². The van der Waals surface area contributed by atoms with Crippen molar-refractivity contribution < 1.29 is 24.3 Å². The van der Waals surface area contributed by atoms with Gasteiger partial charge in [-0.2, -0.15) is 0 Å². The standard InChI is InChI=1S/C25H23N3O5/c29-12-11-28-23(31)15-22(25(28)33)27-20-10-9-17(24(32)16-5-2-1-3-6-16)13-21(20)26-18-7-4-8-19(30)14-18/h1-3,5-6,9-10,13-15,26-27,29H,4,7-8,11-12H2. The second kappa shape index (κ2) is 9.62. The summed E-state index contributed by atoms with van der Waals surface area (Å²) < 4.78 is 0. The number of aliphatic hydroxyl groups excluding tert-OH is 1. The third-order valence-electron chi connectivity index (χ3n) is 5.42. The Kier molecular flexibility index (Phi) is 6.46. The molecular formula is C25H23N3O5. The van der Waals surface area contributed by atoms with Crippen molar-refractivity contribution in [1.82, 2.24) is 4.90 Å². The van der Waals surface area contributed by atoms with Crippen LogP contribution in [0.15, 0.2) is 72.1 Å². The van der Waals surface area contributed by atoms with Crippen molar-refractivity contribution in [3.63, 3.8) is 0 Å². The molecule has 8 heteroatoms. The number of allylic oxidation sites excluding steroid dienone is 2. The molecule has 3 N–H and O–H groups in total. The monoisotopic (exact) mass is 445 g/mol. The van der Waals surface area contributed by atoms with E-state index >= 15 is 0 Å². The smallest absolute Gasteiger partial charge is 0.277 e. The van der Waals surface area contributed by atoms with Crippen molar-refractivity contribution >= 4 is 34.8 Å². The number of carbonyl (C=O) groups excluding carboxylic acids is 4. The topological polar surface area (TPSA) is 116 Å². The fourth-order valence-electron chi connectivity index (χ4n) is 3.77. The second-order valence-corrected chi connectivity index (χ2v) is 7.77. The molecule has 8 nitrogen and oxygen atoms in total. The molecule has 0 saturated heterocycles. The third-order valence-corrected chi connectivity index (χ3v) is 5.42. The quantitative estimate of drug-likeness (QED) is 0.423. The van der Waals surface area contributed by atoms with Gasteiger partial charge in [-0.25, -0.2) is 0 Å². The van der Waals surface area contributed by atoms with E-state index in [1.807, 2.05) is 6.07 Å². The van der Waals surface area contributed by atoms with E-state index in [-0.39, 0.29) is 30.4 Å². The number of rotatable bonds is 8. The number of hydrogen-bond acceptors (Lipinski definition) is 7. The van der Waals surface area contributed by atoms with Gasteiger partial charge in [-0.3, -0.25) is 24.1 Å². The third kappa shape index (κ3) is 4.91. The second-order valence-electron chi connectivity index (χ2n) is 7.77. The van der Waals surface area contributed by atoms with Gasteiger partial charge < -0.3 is 15.7 Å². The number of nitrogens with one attached hydrogen (secondary N) is 2. The van der Waals surface area contributed by atoms with Gasteiger partial charge in [0.05, 0.1) is 24.5 Å². The Balaban J connectivity index is 1.66. The van der Waals surface area contributed by atoms with E-state index in [2.05, 4.69) is 10.6 Å². The Morgan fingerprint density at radius 3 is 2.42 bits per heavy atom. The maximum atomic E-state index is 13.0. The lowest BCUT2D eigenvalue weighted by Crippen LogP contribution is -2.34. The van der Waals surface area contributed by atoms with E-state index < -0.39 is 11.8 Å². The minimum absolute atomic E-state index is 0.0219. The normalized spacial score (nSPS) is 15.9. The molecule has 0 fully saturated rings. The summed E-state index contributed by atoms with van der Waals surface area (Å²) in [6.45, 7) is -0.423. The van der Waals surface area contributed by atoms with Gasteiger partial charge in [0.25, 0.3) is 11.8 Å². The molecule has 2 aromatic rings. The first-order valence-electron chi connectivity index (χ1n) is 10.7. The van der Waals surface area contributed by atoms with E-state index in [4.69, 9.17) is 5.11 Å². The molecule has 33 heavy (non-hydrogen) atoms. The predicted molar refractivity (Wildman–Crippen MR) is 122 cm³/mol. The molecule has 4 rings (SSSR count). The van der Waals surface area contributed by atoms with Crippen LogP contribution in [0.1, 0.15) is 35.2 Å². The van der Waals surface area contributed by atoms with Gasteiger partial charge in [0.1, 0.15) is 5.70 Å². The summed E-state index contributed by atoms with van der Waals surface area (Å²) in [6.07, 6.45) is 4.61. The summed E-state index contributed by atoms with van der Waals surface area (Å²) in [6, 6.07) is 13.8. The van der Waals surface area contributed by atoms with Crippen LogP contribution in [0.25, 0.3) is 0 Å². The zero-order chi connectivity index (χ0) is 23.4. The number of amides is 2. The number of carbonyl (C=O) groups is 4. The van der Waals surface area contributed by atoms with Gasteiger partial charge in [0.15, 0.2) is 11.6 Å². The Bertz CT molecular complexity index is 1180. The highest BCUT2D eigenvalue weighted by Crippen LogP contribution is 2.30. The molecule has 2 aromatic carbocycles. The highest BCUT2D eigenvalue weighted by atomic mass is 16.3. The molecule has 1 aliphatic carbocycles. The molecule has 0 aromatic heterocycles. The van der Waals surface area contributed by atoms with E-state index in [0.717, 1.165) is 11.3 Å². The predicted octanol–water partition coefficient (Wildman–Crippen LogP) is 2.62. The average molecular weight is 445 g/mol. The van der Waals surface area contributed by atoms with Gasteiger partial charge in [-0.1, -0.05) is 30.3 Å². The number of nitrogens with zero attached hydrogens (tertiary/aromatic N) is 1. The number of benzene rings is 2. The molecule has 2 aliphatic rings. The average Bonchev–Trinajstić information content (AvgIpc) is 3.08. The van der Waals surface area contributed by atoms with Crippen molar-refractivity contribution in [3.05, 3.63) is 83.2 Å². The first-order chi connectivity index (χ1) is 16.0. The number of aliphatic hydroxyl groups is 1. The number of β-amino-alcohol motifs (C(OH)–C–C–N with tert-alkyl or cyclic N) is 1. The van der Waals surface area contributed by atoms with Gasteiger partial charge in [-0.05, 0) is 31.0 Å². The fourth-order valence-corrected chi connectivity index (χ4v) is 3.77. The van der Waals surface area contributed by atoms with Gasteiger partial charge in [0.2, 0.25) is 0 Å². The molecule has 1 aliphatic heterocycles. The number of hydrogen-bond donors (Lipinski definition) is 3. The molecule has 0 unspecified atom stereocenters. The Labute approximate surface area is 190 Å². The highest BCUT2D eigenvalue weighted by Gasteiger charge is 2.31. The van der Waals surface area contributed by atoms with Gasteiger partial charge >= 0.3 is 0 Å². The summed E-state index contributed by atoms with van der Waals surface area (Å²) in [4.78, 5) is 50.4. The van der Waals surface area contributed by atoms with Crippen LogP contribution < -0.4 is 10.6 Å². The van der Waals surface area contributed by atoms with Crippen LogP contribution in [0, 0.1) is 0 Å². The summed E-state index contributed by atoms with van der Waals surface area (Å²) in [5.74, 6) is -1.20. The maximum Gasteiger partial charge on any atom is 0.277 e. The molecule has 0 spiro atoms. The largest absolute Gasteiger partial charge is 0.395 e. The lowest BCUT2D eigenvalue weighted by Gasteiger charge is -2.19. The Hall–Kier alpha value is -4.04. The van der Waals surface area contributed by atoms with Crippen molar-refractivity contribution in [2.24, 2.45) is 0 Å². The van der Waals surface area contributed by atoms with E-state index in [1.165, 1.54) is 6.08 Å². The summed E-state index contributed by atoms with van der Waals surface area (Å²) >= 11 is 0. The first-order valence-corrected chi connectivity index (χ1v) is 10.7. The van der Waals surface area contributed by atoms with Crippen LogP contribution in [-0.2, 0) is 14.4 Å². The van der Waals surface area contributed by atoms with Gasteiger partial charge in [-0.15, -0.1) is 0 Å². The summed E-state index contributed by atoms with van der Waals surface area (Å²) in [7, 11) is 0. The number of anilines is 2. The lowest BCUT2D eigenvalue weighted by molar-refractivity contribution is -0.137. The van der Waals surface area contributed by atoms with Crippen molar-refractivity contribution in [2.45, 2.75) is 19.3 Å². The molecule has 0 saturated carbocycles. The van der Waals surface area contributed by atoms with E-state index in [0.29, 0.717) is 41.0 Å². The van der Waals surface area contributed by atoms with Crippen LogP contribution >= 0.6 is 0 Å². The van der Waals surface area contributed by atoms with Crippen LogP contribution in [0.5, 0.6) is 0 Å². The molecule has 0 radical (unpaired) electrons. The highest BCUT2D eigenvalue weighted by molar-refractivity contribution is 6.18. The molecule has 2 amide bonds. The first kappa shape index (κ1) is 22.2. The molecule has 168 valence electrons. The number of imide groups is 1. The molecule has 1 heterocycles. The van der Waals surface area contributed by atoms with Crippen LogP contribution in [0.3, 0.4) is 0 Å². The van der Waals surface area contributed by atoms with Crippen molar-refractivity contribution in [1.29, 1.82) is 0 Å².